The highest BCUT2D eigenvalue weighted by molar-refractivity contribution is 5.77. The first-order chi connectivity index (χ1) is 7.59. The van der Waals surface area contributed by atoms with E-state index in [-0.39, 0.29) is 11.4 Å². The van der Waals surface area contributed by atoms with Gasteiger partial charge in [-0.25, -0.2) is 0 Å². The zero-order valence-corrected chi connectivity index (χ0v) is 10.3. The van der Waals surface area contributed by atoms with Crippen molar-refractivity contribution in [3.8, 4) is 0 Å². The second kappa shape index (κ2) is 4.74. The van der Waals surface area contributed by atoms with Crippen LogP contribution in [0, 0.1) is 11.8 Å². The summed E-state index contributed by atoms with van der Waals surface area (Å²) in [4.78, 5) is 11.8. The van der Waals surface area contributed by atoms with Crippen molar-refractivity contribution in [2.24, 2.45) is 17.6 Å². The number of rotatable bonds is 4. The second-order valence-electron chi connectivity index (χ2n) is 5.88. The van der Waals surface area contributed by atoms with Gasteiger partial charge in [0.05, 0.1) is 0 Å². The van der Waals surface area contributed by atoms with E-state index in [9.17, 15) is 4.79 Å². The fraction of sp³-hybridized carbons (Fsp3) is 0.923. The molecule has 0 heterocycles. The molecular weight excluding hydrogens is 200 g/mol. The summed E-state index contributed by atoms with van der Waals surface area (Å²) < 4.78 is 0. The number of hydrogen-bond acceptors (Lipinski definition) is 2. The fourth-order valence-corrected chi connectivity index (χ4v) is 2.74. The Morgan fingerprint density at radius 1 is 1.38 bits per heavy atom. The van der Waals surface area contributed by atoms with Gasteiger partial charge in [-0.3, -0.25) is 4.79 Å². The smallest absolute Gasteiger partial charge is 0.221 e. The molecule has 3 nitrogen and oxygen atoms in total. The van der Waals surface area contributed by atoms with Crippen LogP contribution in [-0.2, 0) is 4.79 Å². The molecule has 0 spiro atoms. The molecular formula is C13H24N2O. The van der Waals surface area contributed by atoms with Crippen LogP contribution in [-0.4, -0.2) is 18.0 Å². The van der Waals surface area contributed by atoms with Crippen LogP contribution in [0.4, 0.5) is 0 Å². The molecule has 92 valence electrons. The van der Waals surface area contributed by atoms with Gasteiger partial charge >= 0.3 is 0 Å². The molecule has 0 radical (unpaired) electrons. The van der Waals surface area contributed by atoms with Crippen LogP contribution in [0.15, 0.2) is 0 Å². The van der Waals surface area contributed by atoms with Gasteiger partial charge in [-0.2, -0.15) is 0 Å². The first kappa shape index (κ1) is 11.9. The van der Waals surface area contributed by atoms with E-state index in [4.69, 9.17) is 5.73 Å². The number of hydrogen-bond donors (Lipinski definition) is 2. The lowest BCUT2D eigenvalue weighted by Gasteiger charge is -2.32. The Labute approximate surface area is 98.2 Å². The minimum atomic E-state index is -0.211. The molecule has 0 aromatic carbocycles. The van der Waals surface area contributed by atoms with Crippen LogP contribution >= 0.6 is 0 Å². The first-order valence-electron chi connectivity index (χ1n) is 6.65. The van der Waals surface area contributed by atoms with Crippen LogP contribution in [0.2, 0.25) is 0 Å². The lowest BCUT2D eigenvalue weighted by molar-refractivity contribution is -0.122. The molecule has 2 unspecified atom stereocenters. The Balaban J connectivity index is 1.69. The average Bonchev–Trinajstić information content (AvgIpc) is 2.92. The molecule has 2 aliphatic carbocycles. The normalized spacial score (nSPS) is 32.1. The molecule has 0 aromatic heterocycles. The standard InChI is InChI=1S/C13H24N2O/c1-10-7-11(10)9-15-12(16)8-13(14)5-3-2-4-6-13/h10-11H,2-9,14H2,1H3,(H,15,16). The Bertz CT molecular complexity index is 259. The minimum Gasteiger partial charge on any atom is -0.356 e. The molecule has 0 saturated heterocycles. The quantitative estimate of drug-likeness (QED) is 0.765. The Kier molecular flexibility index (Phi) is 3.53. The molecule has 2 aliphatic rings. The maximum absolute atomic E-state index is 11.8. The molecule has 2 saturated carbocycles. The van der Waals surface area contributed by atoms with E-state index in [2.05, 4.69) is 12.2 Å². The highest BCUT2D eigenvalue weighted by atomic mass is 16.1. The zero-order valence-electron chi connectivity index (χ0n) is 10.3. The van der Waals surface area contributed by atoms with Crippen LogP contribution in [0.3, 0.4) is 0 Å². The lowest BCUT2D eigenvalue weighted by Crippen LogP contribution is -2.46. The predicted molar refractivity (Wildman–Crippen MR) is 64.9 cm³/mol. The van der Waals surface area contributed by atoms with E-state index < -0.39 is 0 Å². The van der Waals surface area contributed by atoms with Crippen LogP contribution < -0.4 is 11.1 Å². The third-order valence-electron chi connectivity index (χ3n) is 4.20. The molecule has 0 aromatic rings. The summed E-state index contributed by atoms with van der Waals surface area (Å²) in [5.41, 5.74) is 6.04. The van der Waals surface area contributed by atoms with Crippen LogP contribution in [0.1, 0.15) is 51.9 Å². The molecule has 0 aliphatic heterocycles. The summed E-state index contributed by atoms with van der Waals surface area (Å²) in [6, 6.07) is 0. The lowest BCUT2D eigenvalue weighted by atomic mass is 9.80. The minimum absolute atomic E-state index is 0.156. The highest BCUT2D eigenvalue weighted by Crippen LogP contribution is 2.36. The average molecular weight is 224 g/mol. The van der Waals surface area contributed by atoms with Gasteiger partial charge < -0.3 is 11.1 Å². The van der Waals surface area contributed by atoms with Gasteiger partial charge in [-0.05, 0) is 31.1 Å². The maximum Gasteiger partial charge on any atom is 0.221 e. The van der Waals surface area contributed by atoms with Crippen LogP contribution in [0.25, 0.3) is 0 Å². The fourth-order valence-electron chi connectivity index (χ4n) is 2.74. The van der Waals surface area contributed by atoms with Gasteiger partial charge in [0.25, 0.3) is 0 Å². The van der Waals surface area contributed by atoms with Gasteiger partial charge in [0.2, 0.25) is 5.91 Å². The van der Waals surface area contributed by atoms with Gasteiger partial charge in [0.15, 0.2) is 0 Å². The van der Waals surface area contributed by atoms with Crippen molar-refractivity contribution < 1.29 is 4.79 Å². The largest absolute Gasteiger partial charge is 0.356 e. The Morgan fingerprint density at radius 3 is 2.56 bits per heavy atom. The third-order valence-corrected chi connectivity index (χ3v) is 4.20. The van der Waals surface area contributed by atoms with E-state index in [0.29, 0.717) is 6.42 Å². The summed E-state index contributed by atoms with van der Waals surface area (Å²) in [5.74, 6) is 1.69. The Hall–Kier alpha value is -0.570. The SMILES string of the molecule is CC1CC1CNC(=O)CC1(N)CCCCC1. The molecule has 2 fully saturated rings. The molecule has 1 amide bonds. The van der Waals surface area contributed by atoms with E-state index in [1.54, 1.807) is 0 Å². The number of nitrogens with one attached hydrogen (secondary N) is 1. The third kappa shape index (κ3) is 3.21. The maximum atomic E-state index is 11.8. The molecule has 16 heavy (non-hydrogen) atoms. The number of nitrogens with two attached hydrogens (primary N) is 1. The van der Waals surface area contributed by atoms with Gasteiger partial charge in [0, 0.05) is 18.5 Å². The molecule has 0 bridgehead atoms. The van der Waals surface area contributed by atoms with Crippen molar-refractivity contribution in [1.29, 1.82) is 0 Å². The van der Waals surface area contributed by atoms with Crippen molar-refractivity contribution in [3.63, 3.8) is 0 Å². The van der Waals surface area contributed by atoms with E-state index in [0.717, 1.165) is 31.2 Å². The highest BCUT2D eigenvalue weighted by Gasteiger charge is 2.34. The summed E-state index contributed by atoms with van der Waals surface area (Å²) >= 11 is 0. The van der Waals surface area contributed by atoms with Gasteiger partial charge in [0.1, 0.15) is 0 Å². The van der Waals surface area contributed by atoms with Crippen molar-refractivity contribution in [2.75, 3.05) is 6.54 Å². The molecule has 3 N–H and O–H groups in total. The summed E-state index contributed by atoms with van der Waals surface area (Å²) in [6.45, 7) is 3.10. The number of carbonyl (C=O) groups is 1. The molecule has 2 rings (SSSR count). The van der Waals surface area contributed by atoms with Crippen molar-refractivity contribution >= 4 is 5.91 Å². The summed E-state index contributed by atoms with van der Waals surface area (Å²) in [6.07, 6.45) is 7.47. The van der Waals surface area contributed by atoms with E-state index >= 15 is 0 Å². The summed E-state index contributed by atoms with van der Waals surface area (Å²) in [7, 11) is 0. The van der Waals surface area contributed by atoms with E-state index in [1.165, 1.54) is 25.7 Å². The van der Waals surface area contributed by atoms with Gasteiger partial charge in [-0.1, -0.05) is 26.2 Å². The van der Waals surface area contributed by atoms with Crippen molar-refractivity contribution in [1.82, 2.24) is 5.32 Å². The first-order valence-corrected chi connectivity index (χ1v) is 6.65. The van der Waals surface area contributed by atoms with Crippen LogP contribution in [0.5, 0.6) is 0 Å². The second-order valence-corrected chi connectivity index (χ2v) is 5.88. The topological polar surface area (TPSA) is 55.1 Å². The summed E-state index contributed by atoms with van der Waals surface area (Å²) in [5, 5.41) is 3.03. The number of amides is 1. The predicted octanol–water partition coefficient (Wildman–Crippen LogP) is 1.81. The zero-order chi connectivity index (χ0) is 11.6. The van der Waals surface area contributed by atoms with E-state index in [1.807, 2.05) is 0 Å². The molecule has 3 heteroatoms. The van der Waals surface area contributed by atoms with Gasteiger partial charge in [-0.15, -0.1) is 0 Å². The monoisotopic (exact) mass is 224 g/mol. The molecule has 2 atom stereocenters. The van der Waals surface area contributed by atoms with Crippen molar-refractivity contribution in [2.45, 2.75) is 57.4 Å². The number of carbonyl (C=O) groups excluding carboxylic acids is 1. The Morgan fingerprint density at radius 2 is 2.00 bits per heavy atom. The van der Waals surface area contributed by atoms with Crippen molar-refractivity contribution in [3.05, 3.63) is 0 Å².